The first-order valence-corrected chi connectivity index (χ1v) is 7.41. The monoisotopic (exact) mass is 332 g/mol. The summed E-state index contributed by atoms with van der Waals surface area (Å²) in [5, 5.41) is 8.53. The van der Waals surface area contributed by atoms with E-state index in [4.69, 9.17) is 10.00 Å². The van der Waals surface area contributed by atoms with Gasteiger partial charge in [0.15, 0.2) is 0 Å². The van der Waals surface area contributed by atoms with Gasteiger partial charge in [-0.25, -0.2) is 13.1 Å². The van der Waals surface area contributed by atoms with Crippen LogP contribution in [0.15, 0.2) is 27.6 Å². The Hall–Kier alpha value is -1.10. The van der Waals surface area contributed by atoms with Crippen LogP contribution in [0.2, 0.25) is 0 Å². The number of methoxy groups -OCH3 is 1. The fraction of sp³-hybridized carbons (Fsp3) is 0.364. The third-order valence-electron chi connectivity index (χ3n) is 2.17. The molecule has 18 heavy (non-hydrogen) atoms. The standard InChI is InChI=1S/C11H13BrN2O3S/c1-8(5-6-13)14-18(15,16)11-7-9(12)3-4-10(11)17-2/h3-4,7-8,14H,5H2,1-2H3. The van der Waals surface area contributed by atoms with Gasteiger partial charge in [-0.15, -0.1) is 0 Å². The third-order valence-corrected chi connectivity index (χ3v) is 4.27. The molecule has 0 amide bonds. The van der Waals surface area contributed by atoms with Crippen molar-refractivity contribution in [2.24, 2.45) is 0 Å². The lowest BCUT2D eigenvalue weighted by molar-refractivity contribution is 0.402. The van der Waals surface area contributed by atoms with E-state index >= 15 is 0 Å². The molecule has 0 fully saturated rings. The highest BCUT2D eigenvalue weighted by Gasteiger charge is 2.21. The molecule has 0 saturated carbocycles. The molecule has 1 aromatic rings. The van der Waals surface area contributed by atoms with Crippen molar-refractivity contribution in [3.63, 3.8) is 0 Å². The third kappa shape index (κ3) is 3.70. The molecule has 0 aromatic heterocycles. The number of rotatable bonds is 5. The van der Waals surface area contributed by atoms with Crippen LogP contribution in [0.25, 0.3) is 0 Å². The first-order valence-electron chi connectivity index (χ1n) is 5.13. The van der Waals surface area contributed by atoms with Crippen molar-refractivity contribution in [3.8, 4) is 11.8 Å². The molecule has 0 spiro atoms. The average molecular weight is 333 g/mol. The maximum atomic E-state index is 12.1. The van der Waals surface area contributed by atoms with Gasteiger partial charge in [-0.1, -0.05) is 15.9 Å². The zero-order valence-electron chi connectivity index (χ0n) is 9.97. The van der Waals surface area contributed by atoms with E-state index in [1.54, 1.807) is 19.1 Å². The zero-order chi connectivity index (χ0) is 13.8. The van der Waals surface area contributed by atoms with Crippen LogP contribution in [0.5, 0.6) is 5.75 Å². The van der Waals surface area contributed by atoms with Gasteiger partial charge in [-0.2, -0.15) is 5.26 Å². The summed E-state index contributed by atoms with van der Waals surface area (Å²) in [5.41, 5.74) is 0. The van der Waals surface area contributed by atoms with Crippen molar-refractivity contribution < 1.29 is 13.2 Å². The van der Waals surface area contributed by atoms with E-state index in [0.717, 1.165) is 0 Å². The maximum Gasteiger partial charge on any atom is 0.244 e. The van der Waals surface area contributed by atoms with Gasteiger partial charge in [0.1, 0.15) is 10.6 Å². The van der Waals surface area contributed by atoms with Crippen molar-refractivity contribution in [1.82, 2.24) is 4.72 Å². The normalized spacial score (nSPS) is 12.8. The molecule has 0 heterocycles. The number of benzene rings is 1. The minimum atomic E-state index is -3.70. The van der Waals surface area contributed by atoms with Gasteiger partial charge in [0.05, 0.1) is 19.6 Å². The average Bonchev–Trinajstić information content (AvgIpc) is 2.28. The molecule has 0 aliphatic rings. The molecular weight excluding hydrogens is 320 g/mol. The molecule has 1 aromatic carbocycles. The smallest absolute Gasteiger partial charge is 0.244 e. The Morgan fingerprint density at radius 3 is 2.78 bits per heavy atom. The van der Waals surface area contributed by atoms with Crippen LogP contribution in [0, 0.1) is 11.3 Å². The van der Waals surface area contributed by atoms with Gasteiger partial charge < -0.3 is 4.74 Å². The zero-order valence-corrected chi connectivity index (χ0v) is 12.4. The van der Waals surface area contributed by atoms with E-state index in [-0.39, 0.29) is 17.1 Å². The summed E-state index contributed by atoms with van der Waals surface area (Å²) in [6, 6.07) is 6.17. The number of halogens is 1. The Bertz CT molecular complexity index is 566. The summed E-state index contributed by atoms with van der Waals surface area (Å²) in [6.45, 7) is 1.63. The van der Waals surface area contributed by atoms with Gasteiger partial charge in [-0.3, -0.25) is 0 Å². The molecular formula is C11H13BrN2O3S. The van der Waals surface area contributed by atoms with E-state index in [1.165, 1.54) is 13.2 Å². The second-order valence-electron chi connectivity index (χ2n) is 3.68. The molecule has 0 radical (unpaired) electrons. The quantitative estimate of drug-likeness (QED) is 0.894. The fourth-order valence-electron chi connectivity index (χ4n) is 1.37. The van der Waals surface area contributed by atoms with Crippen LogP contribution in [-0.4, -0.2) is 21.6 Å². The summed E-state index contributed by atoms with van der Waals surface area (Å²) in [6.07, 6.45) is 0.107. The Kier molecular flexibility index (Phi) is 5.14. The van der Waals surface area contributed by atoms with Gasteiger partial charge >= 0.3 is 0 Å². The second kappa shape index (κ2) is 6.18. The second-order valence-corrected chi connectivity index (χ2v) is 6.28. The van der Waals surface area contributed by atoms with Crippen molar-refractivity contribution in [1.29, 1.82) is 5.26 Å². The number of nitriles is 1. The van der Waals surface area contributed by atoms with Crippen LogP contribution in [0.1, 0.15) is 13.3 Å². The summed E-state index contributed by atoms with van der Waals surface area (Å²) in [7, 11) is -2.30. The molecule has 0 saturated heterocycles. The Balaban J connectivity index is 3.12. The lowest BCUT2D eigenvalue weighted by Crippen LogP contribution is -2.32. The minimum absolute atomic E-state index is 0.0455. The molecule has 1 atom stereocenters. The number of nitrogens with zero attached hydrogens (tertiary/aromatic N) is 1. The summed E-state index contributed by atoms with van der Waals surface area (Å²) in [5.74, 6) is 0.259. The van der Waals surface area contributed by atoms with Crippen LogP contribution in [0.3, 0.4) is 0 Å². The van der Waals surface area contributed by atoms with Crippen molar-refractivity contribution in [3.05, 3.63) is 22.7 Å². The summed E-state index contributed by atoms with van der Waals surface area (Å²) in [4.78, 5) is 0.0455. The van der Waals surface area contributed by atoms with Gasteiger partial charge in [0.25, 0.3) is 0 Å². The van der Waals surface area contributed by atoms with Gasteiger partial charge in [-0.05, 0) is 25.1 Å². The van der Waals surface area contributed by atoms with E-state index in [2.05, 4.69) is 20.7 Å². The number of ether oxygens (including phenoxy) is 1. The van der Waals surface area contributed by atoms with Crippen molar-refractivity contribution in [2.45, 2.75) is 24.3 Å². The summed E-state index contributed by atoms with van der Waals surface area (Å²) >= 11 is 3.21. The van der Waals surface area contributed by atoms with Crippen LogP contribution < -0.4 is 9.46 Å². The van der Waals surface area contributed by atoms with Crippen LogP contribution in [-0.2, 0) is 10.0 Å². The lowest BCUT2D eigenvalue weighted by Gasteiger charge is -2.14. The summed E-state index contributed by atoms with van der Waals surface area (Å²) < 4.78 is 32.3. The highest BCUT2D eigenvalue weighted by Crippen LogP contribution is 2.27. The molecule has 98 valence electrons. The number of hydrogen-bond donors (Lipinski definition) is 1. The maximum absolute atomic E-state index is 12.1. The number of sulfonamides is 1. The largest absolute Gasteiger partial charge is 0.495 e. The minimum Gasteiger partial charge on any atom is -0.495 e. The molecule has 0 aliphatic carbocycles. The fourth-order valence-corrected chi connectivity index (χ4v) is 3.32. The molecule has 0 bridgehead atoms. The molecule has 0 aliphatic heterocycles. The van der Waals surface area contributed by atoms with Crippen LogP contribution >= 0.6 is 15.9 Å². The van der Waals surface area contributed by atoms with Crippen molar-refractivity contribution in [2.75, 3.05) is 7.11 Å². The molecule has 1 unspecified atom stereocenters. The van der Waals surface area contributed by atoms with E-state index in [1.807, 2.05) is 6.07 Å². The molecule has 1 rings (SSSR count). The molecule has 5 nitrogen and oxygen atoms in total. The number of nitrogens with one attached hydrogen (secondary N) is 1. The first-order chi connectivity index (χ1) is 8.40. The SMILES string of the molecule is COc1ccc(Br)cc1S(=O)(=O)NC(C)CC#N. The van der Waals surface area contributed by atoms with Gasteiger partial charge in [0, 0.05) is 10.5 Å². The van der Waals surface area contributed by atoms with E-state index in [0.29, 0.717) is 4.47 Å². The predicted octanol–water partition coefficient (Wildman–Crippen LogP) is 2.04. The Labute approximate surface area is 115 Å². The Morgan fingerprint density at radius 1 is 1.56 bits per heavy atom. The van der Waals surface area contributed by atoms with Crippen LogP contribution in [0.4, 0.5) is 0 Å². The number of hydrogen-bond acceptors (Lipinski definition) is 4. The van der Waals surface area contributed by atoms with E-state index in [9.17, 15) is 8.42 Å². The lowest BCUT2D eigenvalue weighted by atomic mass is 10.3. The predicted molar refractivity (Wildman–Crippen MR) is 70.7 cm³/mol. The van der Waals surface area contributed by atoms with Gasteiger partial charge in [0.2, 0.25) is 10.0 Å². The van der Waals surface area contributed by atoms with E-state index < -0.39 is 16.1 Å². The Morgan fingerprint density at radius 2 is 2.22 bits per heavy atom. The van der Waals surface area contributed by atoms with Crippen molar-refractivity contribution >= 4 is 26.0 Å². The highest BCUT2D eigenvalue weighted by molar-refractivity contribution is 9.10. The highest BCUT2D eigenvalue weighted by atomic mass is 79.9. The molecule has 7 heteroatoms. The topological polar surface area (TPSA) is 79.2 Å². The molecule has 1 N–H and O–H groups in total. The first kappa shape index (κ1) is 15.0.